The molecular formula is C16H23N5. The Kier molecular flexibility index (Phi) is 3.51. The number of fused-ring (bicyclic) bond motifs is 1. The van der Waals surface area contributed by atoms with Crippen molar-refractivity contribution >= 4 is 16.9 Å². The maximum Gasteiger partial charge on any atom is 0.142 e. The molecule has 2 aromatic heterocycles. The van der Waals surface area contributed by atoms with Crippen molar-refractivity contribution in [3.63, 3.8) is 0 Å². The van der Waals surface area contributed by atoms with E-state index in [-0.39, 0.29) is 0 Å². The number of H-pyrrole nitrogens is 1. The van der Waals surface area contributed by atoms with Gasteiger partial charge in [-0.2, -0.15) is 0 Å². The third kappa shape index (κ3) is 2.62. The molecule has 1 saturated heterocycles. The zero-order valence-electron chi connectivity index (χ0n) is 12.4. The van der Waals surface area contributed by atoms with E-state index in [1.54, 1.807) is 6.33 Å². The van der Waals surface area contributed by atoms with Gasteiger partial charge in [0.25, 0.3) is 0 Å². The fraction of sp³-hybridized carbons (Fsp3) is 0.625. The molecule has 1 atom stereocenters. The molecule has 0 radical (unpaired) electrons. The standard InChI is InChI=1S/C16H23N5/c1-2-4-13(3-1)21-8-6-12(10-21)9-18-16-14-5-7-17-15(14)19-11-20-16/h5,7,11-13H,1-4,6,8-10H2,(H2,17,18,19,20)/t12-/m1/s1. The van der Waals surface area contributed by atoms with Crippen LogP contribution in [0, 0.1) is 5.92 Å². The summed E-state index contributed by atoms with van der Waals surface area (Å²) >= 11 is 0. The molecule has 5 nitrogen and oxygen atoms in total. The van der Waals surface area contributed by atoms with E-state index in [0.29, 0.717) is 0 Å². The lowest BCUT2D eigenvalue weighted by Crippen LogP contribution is -2.31. The van der Waals surface area contributed by atoms with Gasteiger partial charge in [0.1, 0.15) is 17.8 Å². The number of aromatic nitrogens is 3. The summed E-state index contributed by atoms with van der Waals surface area (Å²) in [6.45, 7) is 3.54. The Morgan fingerprint density at radius 1 is 1.24 bits per heavy atom. The van der Waals surface area contributed by atoms with Crippen LogP contribution in [0.3, 0.4) is 0 Å². The van der Waals surface area contributed by atoms with Crippen LogP contribution in [0.2, 0.25) is 0 Å². The minimum atomic E-state index is 0.745. The fourth-order valence-corrected chi connectivity index (χ4v) is 3.88. The number of aromatic amines is 1. The van der Waals surface area contributed by atoms with Crippen LogP contribution in [0.4, 0.5) is 5.82 Å². The first-order chi connectivity index (χ1) is 10.4. The molecule has 21 heavy (non-hydrogen) atoms. The van der Waals surface area contributed by atoms with Crippen LogP contribution in [-0.4, -0.2) is 45.5 Å². The highest BCUT2D eigenvalue weighted by Crippen LogP contribution is 2.28. The van der Waals surface area contributed by atoms with Gasteiger partial charge in [0.05, 0.1) is 5.39 Å². The number of anilines is 1. The summed E-state index contributed by atoms with van der Waals surface area (Å²) in [5.74, 6) is 1.70. The van der Waals surface area contributed by atoms with Crippen LogP contribution in [0.5, 0.6) is 0 Å². The molecule has 3 heterocycles. The second kappa shape index (κ2) is 5.64. The van der Waals surface area contributed by atoms with Gasteiger partial charge in [-0.05, 0) is 37.8 Å². The van der Waals surface area contributed by atoms with Gasteiger partial charge in [-0.25, -0.2) is 9.97 Å². The molecule has 2 aromatic rings. The maximum absolute atomic E-state index is 4.38. The highest BCUT2D eigenvalue weighted by atomic mass is 15.2. The molecule has 4 rings (SSSR count). The third-order valence-corrected chi connectivity index (χ3v) is 5.07. The lowest BCUT2D eigenvalue weighted by Gasteiger charge is -2.23. The third-order valence-electron chi connectivity index (χ3n) is 5.07. The molecule has 2 fully saturated rings. The van der Waals surface area contributed by atoms with Crippen molar-refractivity contribution < 1.29 is 0 Å². The molecule has 5 heteroatoms. The number of likely N-dealkylation sites (tertiary alicyclic amines) is 1. The van der Waals surface area contributed by atoms with E-state index in [1.807, 2.05) is 12.3 Å². The van der Waals surface area contributed by atoms with Crippen molar-refractivity contribution in [2.24, 2.45) is 5.92 Å². The van der Waals surface area contributed by atoms with Gasteiger partial charge < -0.3 is 15.2 Å². The van der Waals surface area contributed by atoms with Crippen LogP contribution in [0.1, 0.15) is 32.1 Å². The predicted octanol–water partition coefficient (Wildman–Crippen LogP) is 2.63. The molecule has 112 valence electrons. The highest BCUT2D eigenvalue weighted by Gasteiger charge is 2.29. The Bertz CT molecular complexity index is 601. The summed E-state index contributed by atoms with van der Waals surface area (Å²) in [6, 6.07) is 2.90. The van der Waals surface area contributed by atoms with E-state index < -0.39 is 0 Å². The summed E-state index contributed by atoms with van der Waals surface area (Å²) in [5, 5.41) is 4.62. The van der Waals surface area contributed by atoms with Crippen molar-refractivity contribution in [3.8, 4) is 0 Å². The Labute approximate surface area is 125 Å². The summed E-state index contributed by atoms with van der Waals surface area (Å²) in [7, 11) is 0. The Morgan fingerprint density at radius 3 is 3.05 bits per heavy atom. The number of nitrogens with zero attached hydrogens (tertiary/aromatic N) is 3. The number of hydrogen-bond donors (Lipinski definition) is 2. The Hall–Kier alpha value is -1.62. The molecule has 0 spiro atoms. The Morgan fingerprint density at radius 2 is 2.14 bits per heavy atom. The molecule has 2 N–H and O–H groups in total. The maximum atomic E-state index is 4.38. The monoisotopic (exact) mass is 285 g/mol. The normalized spacial score (nSPS) is 24.1. The minimum Gasteiger partial charge on any atom is -0.369 e. The van der Waals surface area contributed by atoms with Crippen LogP contribution in [0.15, 0.2) is 18.6 Å². The van der Waals surface area contributed by atoms with Crippen molar-refractivity contribution in [1.82, 2.24) is 19.9 Å². The number of hydrogen-bond acceptors (Lipinski definition) is 4. The van der Waals surface area contributed by atoms with Crippen molar-refractivity contribution in [2.75, 3.05) is 25.0 Å². The molecule has 1 aliphatic heterocycles. The fourth-order valence-electron chi connectivity index (χ4n) is 3.88. The van der Waals surface area contributed by atoms with Gasteiger partial charge in [0.15, 0.2) is 0 Å². The van der Waals surface area contributed by atoms with Crippen LogP contribution < -0.4 is 5.32 Å². The summed E-state index contributed by atoms with van der Waals surface area (Å²) in [6.07, 6.45) is 10.5. The molecule has 1 saturated carbocycles. The zero-order chi connectivity index (χ0) is 14.1. The number of nitrogens with one attached hydrogen (secondary N) is 2. The SMILES string of the molecule is c1nc(NC[C@H]2CCN(C3CCCC3)C2)c2cc[nH]c2n1. The molecule has 0 unspecified atom stereocenters. The number of rotatable bonds is 4. The lowest BCUT2D eigenvalue weighted by molar-refractivity contribution is 0.238. The van der Waals surface area contributed by atoms with E-state index in [2.05, 4.69) is 25.2 Å². The van der Waals surface area contributed by atoms with Gasteiger partial charge in [0.2, 0.25) is 0 Å². The van der Waals surface area contributed by atoms with Crippen LogP contribution in [0.25, 0.3) is 11.0 Å². The van der Waals surface area contributed by atoms with Crippen LogP contribution >= 0.6 is 0 Å². The first-order valence-electron chi connectivity index (χ1n) is 8.16. The quantitative estimate of drug-likeness (QED) is 0.906. The highest BCUT2D eigenvalue weighted by molar-refractivity contribution is 5.86. The molecule has 0 aromatic carbocycles. The van der Waals surface area contributed by atoms with Crippen molar-refractivity contribution in [2.45, 2.75) is 38.1 Å². The second-order valence-electron chi connectivity index (χ2n) is 6.43. The second-order valence-corrected chi connectivity index (χ2v) is 6.43. The molecule has 0 bridgehead atoms. The predicted molar refractivity (Wildman–Crippen MR) is 84.3 cm³/mol. The molecule has 2 aliphatic rings. The lowest BCUT2D eigenvalue weighted by atomic mass is 10.1. The average Bonchev–Trinajstić information content (AvgIpc) is 3.23. The largest absolute Gasteiger partial charge is 0.369 e. The Balaban J connectivity index is 1.36. The van der Waals surface area contributed by atoms with Gasteiger partial charge in [-0.15, -0.1) is 0 Å². The van der Waals surface area contributed by atoms with Crippen molar-refractivity contribution in [3.05, 3.63) is 18.6 Å². The summed E-state index contributed by atoms with van der Waals surface area (Å²) < 4.78 is 0. The smallest absolute Gasteiger partial charge is 0.142 e. The van der Waals surface area contributed by atoms with Gasteiger partial charge in [-0.3, -0.25) is 0 Å². The molecule has 1 aliphatic carbocycles. The van der Waals surface area contributed by atoms with Gasteiger partial charge in [0, 0.05) is 25.3 Å². The first kappa shape index (κ1) is 13.1. The van der Waals surface area contributed by atoms with E-state index in [1.165, 1.54) is 45.2 Å². The molecular weight excluding hydrogens is 262 g/mol. The summed E-state index contributed by atoms with van der Waals surface area (Å²) in [4.78, 5) is 14.5. The van der Waals surface area contributed by atoms with Gasteiger partial charge in [-0.1, -0.05) is 12.8 Å². The van der Waals surface area contributed by atoms with Crippen LogP contribution in [-0.2, 0) is 0 Å². The van der Waals surface area contributed by atoms with E-state index in [0.717, 1.165) is 35.4 Å². The molecule has 0 amide bonds. The van der Waals surface area contributed by atoms with E-state index in [4.69, 9.17) is 0 Å². The summed E-state index contributed by atoms with van der Waals surface area (Å²) in [5.41, 5.74) is 0.909. The average molecular weight is 285 g/mol. The minimum absolute atomic E-state index is 0.745. The topological polar surface area (TPSA) is 56.8 Å². The zero-order valence-corrected chi connectivity index (χ0v) is 12.4. The van der Waals surface area contributed by atoms with Gasteiger partial charge >= 0.3 is 0 Å². The van der Waals surface area contributed by atoms with E-state index >= 15 is 0 Å². The van der Waals surface area contributed by atoms with Crippen molar-refractivity contribution in [1.29, 1.82) is 0 Å². The first-order valence-corrected chi connectivity index (χ1v) is 8.16. The van der Waals surface area contributed by atoms with E-state index in [9.17, 15) is 0 Å².